The number of rotatable bonds is 11. The molecule has 2 N–H and O–H groups in total. The normalized spacial score (nSPS) is 11.1. The van der Waals surface area contributed by atoms with E-state index in [0.29, 0.717) is 41.1 Å². The van der Waals surface area contributed by atoms with Gasteiger partial charge in [-0.1, -0.05) is 47.5 Å². The zero-order chi connectivity index (χ0) is 27.8. The molecule has 4 aromatic carbocycles. The van der Waals surface area contributed by atoms with Crippen molar-refractivity contribution < 1.29 is 22.7 Å². The first kappa shape index (κ1) is 28.3. The number of nitrogens with one attached hydrogen (secondary N) is 2. The molecule has 0 aliphatic rings. The average molecular weight is 586 g/mol. The van der Waals surface area contributed by atoms with Crippen molar-refractivity contribution in [2.75, 3.05) is 17.9 Å². The molecule has 0 bridgehead atoms. The van der Waals surface area contributed by atoms with Crippen molar-refractivity contribution in [3.8, 4) is 17.2 Å². The molecule has 0 heterocycles. The fourth-order valence-corrected chi connectivity index (χ4v) is 5.10. The van der Waals surface area contributed by atoms with E-state index in [1.807, 2.05) is 31.2 Å². The highest BCUT2D eigenvalue weighted by Crippen LogP contribution is 2.30. The van der Waals surface area contributed by atoms with Crippen molar-refractivity contribution in [3.05, 3.63) is 112 Å². The van der Waals surface area contributed by atoms with E-state index in [1.54, 1.807) is 24.3 Å². The minimum absolute atomic E-state index is 0.00850. The van der Waals surface area contributed by atoms with Crippen LogP contribution in [0.4, 0.5) is 5.69 Å². The zero-order valence-corrected chi connectivity index (χ0v) is 23.3. The molecule has 0 saturated heterocycles. The minimum atomic E-state index is -4.02. The van der Waals surface area contributed by atoms with Crippen LogP contribution in [0.15, 0.2) is 95.9 Å². The van der Waals surface area contributed by atoms with Gasteiger partial charge >= 0.3 is 0 Å². The number of halogens is 2. The first-order valence-corrected chi connectivity index (χ1v) is 14.3. The van der Waals surface area contributed by atoms with Crippen LogP contribution in [0.2, 0.25) is 10.0 Å². The largest absolute Gasteiger partial charge is 0.494 e. The van der Waals surface area contributed by atoms with Gasteiger partial charge in [0.05, 0.1) is 27.8 Å². The quantitative estimate of drug-likeness (QED) is 0.199. The Kier molecular flexibility index (Phi) is 9.35. The lowest BCUT2D eigenvalue weighted by atomic mass is 10.1. The molecule has 7 nitrogen and oxygen atoms in total. The summed E-state index contributed by atoms with van der Waals surface area (Å²) in [6.45, 7) is 2.85. The molecule has 0 atom stereocenters. The summed E-state index contributed by atoms with van der Waals surface area (Å²) >= 11 is 12.2. The van der Waals surface area contributed by atoms with Gasteiger partial charge in [0.25, 0.3) is 15.9 Å². The maximum absolute atomic E-state index is 13.1. The average Bonchev–Trinajstić information content (AvgIpc) is 2.92. The number of ether oxygens (including phenoxy) is 2. The molecule has 0 fully saturated rings. The molecule has 202 valence electrons. The third-order valence-electron chi connectivity index (χ3n) is 5.60. The Balaban J connectivity index is 1.43. The van der Waals surface area contributed by atoms with Gasteiger partial charge in [-0.25, -0.2) is 8.42 Å². The number of amides is 1. The molecule has 0 radical (unpaired) electrons. The van der Waals surface area contributed by atoms with E-state index in [9.17, 15) is 13.2 Å². The topological polar surface area (TPSA) is 93.7 Å². The Morgan fingerprint density at radius 1 is 0.872 bits per heavy atom. The predicted octanol–water partition coefficient (Wildman–Crippen LogP) is 6.96. The van der Waals surface area contributed by atoms with Crippen molar-refractivity contribution >= 4 is 44.8 Å². The monoisotopic (exact) mass is 584 g/mol. The van der Waals surface area contributed by atoms with Crippen molar-refractivity contribution in [1.82, 2.24) is 5.32 Å². The number of para-hydroxylation sites is 1. The van der Waals surface area contributed by atoms with Crippen LogP contribution in [0, 0.1) is 0 Å². The van der Waals surface area contributed by atoms with Gasteiger partial charge < -0.3 is 14.8 Å². The van der Waals surface area contributed by atoms with Crippen LogP contribution >= 0.6 is 23.2 Å². The molecule has 39 heavy (non-hydrogen) atoms. The number of carbonyl (C=O) groups is 1. The Morgan fingerprint density at radius 2 is 1.56 bits per heavy atom. The summed E-state index contributed by atoms with van der Waals surface area (Å²) < 4.78 is 39.9. The van der Waals surface area contributed by atoms with Crippen molar-refractivity contribution in [3.63, 3.8) is 0 Å². The Bertz CT molecular complexity index is 1540. The van der Waals surface area contributed by atoms with Gasteiger partial charge in [-0.3, -0.25) is 9.52 Å². The fraction of sp³-hybridized carbons (Fsp3) is 0.138. The van der Waals surface area contributed by atoms with Gasteiger partial charge in [-0.2, -0.15) is 0 Å². The lowest BCUT2D eigenvalue weighted by molar-refractivity contribution is 0.0955. The Morgan fingerprint density at radius 3 is 2.26 bits per heavy atom. The van der Waals surface area contributed by atoms with Crippen LogP contribution < -0.4 is 19.5 Å². The van der Waals surface area contributed by atoms with Crippen LogP contribution in [0.25, 0.3) is 0 Å². The standard InChI is InChI=1S/C29H26Cl2N2O5S/c1-2-37-22-10-7-20(8-11-22)17-18-32-29(34)25-19-21(30)9-16-27(25)33-39(35,36)24-14-12-23(13-15-24)38-28-6-4-3-5-26(28)31/h3-16,19,33H,2,17-18H2,1H3,(H,32,34). The molecule has 0 aromatic heterocycles. The summed E-state index contributed by atoms with van der Waals surface area (Å²) in [6.07, 6.45) is 0.586. The van der Waals surface area contributed by atoms with E-state index in [4.69, 9.17) is 32.7 Å². The fourth-order valence-electron chi connectivity index (χ4n) is 3.67. The number of sulfonamides is 1. The van der Waals surface area contributed by atoms with Gasteiger partial charge in [0, 0.05) is 11.6 Å². The lowest BCUT2D eigenvalue weighted by Gasteiger charge is -2.14. The summed E-state index contributed by atoms with van der Waals surface area (Å²) in [7, 11) is -4.02. The van der Waals surface area contributed by atoms with E-state index in [0.717, 1.165) is 11.3 Å². The molecular weight excluding hydrogens is 559 g/mol. The Hall–Kier alpha value is -3.72. The van der Waals surface area contributed by atoms with Gasteiger partial charge in [0.1, 0.15) is 17.2 Å². The molecule has 0 aliphatic heterocycles. The molecule has 10 heteroatoms. The minimum Gasteiger partial charge on any atom is -0.494 e. The number of benzene rings is 4. The van der Waals surface area contributed by atoms with E-state index >= 15 is 0 Å². The molecule has 4 rings (SSSR count). The van der Waals surface area contributed by atoms with Crippen molar-refractivity contribution in [2.45, 2.75) is 18.2 Å². The summed E-state index contributed by atoms with van der Waals surface area (Å²) in [5, 5.41) is 3.56. The van der Waals surface area contributed by atoms with Crippen molar-refractivity contribution in [1.29, 1.82) is 0 Å². The molecule has 0 spiro atoms. The van der Waals surface area contributed by atoms with E-state index in [1.165, 1.54) is 42.5 Å². The molecule has 0 unspecified atom stereocenters. The summed E-state index contributed by atoms with van der Waals surface area (Å²) in [4.78, 5) is 13.0. The highest BCUT2D eigenvalue weighted by Gasteiger charge is 2.19. The summed E-state index contributed by atoms with van der Waals surface area (Å²) in [6, 6.07) is 24.8. The van der Waals surface area contributed by atoms with E-state index < -0.39 is 15.9 Å². The number of hydrogen-bond donors (Lipinski definition) is 2. The van der Waals surface area contributed by atoms with Gasteiger partial charge in [-0.05, 0) is 85.6 Å². The third kappa shape index (κ3) is 7.66. The van der Waals surface area contributed by atoms with Gasteiger partial charge in [0.2, 0.25) is 0 Å². The lowest BCUT2D eigenvalue weighted by Crippen LogP contribution is -2.27. The van der Waals surface area contributed by atoms with Crippen LogP contribution in [-0.2, 0) is 16.4 Å². The van der Waals surface area contributed by atoms with Crippen LogP contribution in [-0.4, -0.2) is 27.5 Å². The number of anilines is 1. The third-order valence-corrected chi connectivity index (χ3v) is 7.53. The molecular formula is C29H26Cl2N2O5S. The van der Waals surface area contributed by atoms with Gasteiger partial charge in [-0.15, -0.1) is 0 Å². The first-order chi connectivity index (χ1) is 18.7. The van der Waals surface area contributed by atoms with Crippen LogP contribution in [0.5, 0.6) is 17.2 Å². The summed E-state index contributed by atoms with van der Waals surface area (Å²) in [5.41, 5.74) is 1.23. The van der Waals surface area contributed by atoms with E-state index in [2.05, 4.69) is 10.0 Å². The second kappa shape index (κ2) is 12.9. The first-order valence-electron chi connectivity index (χ1n) is 12.1. The predicted molar refractivity (Wildman–Crippen MR) is 154 cm³/mol. The zero-order valence-electron chi connectivity index (χ0n) is 21.0. The smallest absolute Gasteiger partial charge is 0.261 e. The SMILES string of the molecule is CCOc1ccc(CCNC(=O)c2cc(Cl)ccc2NS(=O)(=O)c2ccc(Oc3ccccc3Cl)cc2)cc1. The highest BCUT2D eigenvalue weighted by atomic mass is 35.5. The molecule has 4 aromatic rings. The maximum atomic E-state index is 13.1. The number of carbonyl (C=O) groups excluding carboxylic acids is 1. The highest BCUT2D eigenvalue weighted by molar-refractivity contribution is 7.92. The Labute approximate surface area is 237 Å². The van der Waals surface area contributed by atoms with E-state index in [-0.39, 0.29) is 16.1 Å². The molecule has 0 saturated carbocycles. The van der Waals surface area contributed by atoms with Crippen LogP contribution in [0.3, 0.4) is 0 Å². The number of hydrogen-bond acceptors (Lipinski definition) is 5. The maximum Gasteiger partial charge on any atom is 0.261 e. The second-order valence-electron chi connectivity index (χ2n) is 8.38. The van der Waals surface area contributed by atoms with Gasteiger partial charge in [0.15, 0.2) is 0 Å². The van der Waals surface area contributed by atoms with Crippen LogP contribution in [0.1, 0.15) is 22.8 Å². The molecule has 0 aliphatic carbocycles. The molecule has 1 amide bonds. The van der Waals surface area contributed by atoms with Crippen molar-refractivity contribution in [2.24, 2.45) is 0 Å². The second-order valence-corrected chi connectivity index (χ2v) is 10.9. The summed E-state index contributed by atoms with van der Waals surface area (Å²) in [5.74, 6) is 1.20.